The van der Waals surface area contributed by atoms with Crippen LogP contribution in [-0.2, 0) is 15.0 Å². The zero-order valence-electron chi connectivity index (χ0n) is 10.7. The van der Waals surface area contributed by atoms with Crippen LogP contribution in [0.4, 0.5) is 0 Å². The van der Waals surface area contributed by atoms with E-state index in [1.54, 1.807) is 5.56 Å². The fraction of sp³-hybridized carbons (Fsp3) is 0.600. The highest BCUT2D eigenvalue weighted by Crippen LogP contribution is 2.51. The first-order chi connectivity index (χ1) is 8.42. The standard InChI is InChI=1S/C15H21S2.BrH/c1-3-8-14(9-4-1)15-10-5-2-6-12-17(15)13-7-11-16-15;/h1,3-4,8-9H,2,5-7,10-13H2;1H/q+1;/p-1. The summed E-state index contributed by atoms with van der Waals surface area (Å²) in [5.41, 5.74) is 1.62. The molecular formula is C15H21BrS2. The second-order valence-corrected chi connectivity index (χ2v) is 9.18. The SMILES string of the molecule is [Br-].c1ccc(C23CCCCC[S+]2CCCS3)cc1. The number of benzene rings is 1. The molecule has 100 valence electrons. The Morgan fingerprint density at radius 1 is 0.944 bits per heavy atom. The minimum Gasteiger partial charge on any atom is -1.00 e. The van der Waals surface area contributed by atoms with Gasteiger partial charge in [-0.2, -0.15) is 0 Å². The Labute approximate surface area is 128 Å². The van der Waals surface area contributed by atoms with Gasteiger partial charge >= 0.3 is 0 Å². The van der Waals surface area contributed by atoms with Crippen LogP contribution in [0.15, 0.2) is 30.3 Å². The lowest BCUT2D eigenvalue weighted by molar-refractivity contribution is -0.00000335. The molecule has 0 bridgehead atoms. The summed E-state index contributed by atoms with van der Waals surface area (Å²) in [4.78, 5) is 0. The second kappa shape index (κ2) is 6.71. The van der Waals surface area contributed by atoms with Gasteiger partial charge in [-0.25, -0.2) is 0 Å². The lowest BCUT2D eigenvalue weighted by Crippen LogP contribution is -3.00. The van der Waals surface area contributed by atoms with Gasteiger partial charge in [-0.05, 0) is 19.3 Å². The normalized spacial score (nSPS) is 31.9. The average Bonchev–Trinajstić information content (AvgIpc) is 2.63. The molecule has 0 aromatic heterocycles. The summed E-state index contributed by atoms with van der Waals surface area (Å²) in [7, 11) is 0.633. The van der Waals surface area contributed by atoms with E-state index in [0.29, 0.717) is 15.0 Å². The smallest absolute Gasteiger partial charge is 0.198 e. The van der Waals surface area contributed by atoms with Crippen LogP contribution in [0.2, 0.25) is 0 Å². The molecule has 1 aromatic rings. The van der Waals surface area contributed by atoms with Crippen LogP contribution in [0.25, 0.3) is 0 Å². The van der Waals surface area contributed by atoms with E-state index in [2.05, 4.69) is 42.1 Å². The summed E-state index contributed by atoms with van der Waals surface area (Å²) in [6, 6.07) is 11.4. The Bertz CT molecular complexity index is 368. The summed E-state index contributed by atoms with van der Waals surface area (Å²) in [6.07, 6.45) is 7.23. The molecule has 2 fully saturated rings. The summed E-state index contributed by atoms with van der Waals surface area (Å²) in [5, 5.41) is 0. The molecule has 0 aliphatic carbocycles. The molecule has 3 rings (SSSR count). The van der Waals surface area contributed by atoms with Crippen LogP contribution in [-0.4, -0.2) is 17.3 Å². The quantitative estimate of drug-likeness (QED) is 0.689. The van der Waals surface area contributed by atoms with Crippen molar-refractivity contribution in [2.24, 2.45) is 0 Å². The van der Waals surface area contributed by atoms with Crippen LogP contribution in [0.3, 0.4) is 0 Å². The summed E-state index contributed by atoms with van der Waals surface area (Å²) in [6.45, 7) is 0. The highest BCUT2D eigenvalue weighted by molar-refractivity contribution is 8.16. The Hall–Kier alpha value is 0.400. The van der Waals surface area contributed by atoms with E-state index in [1.165, 1.54) is 49.4 Å². The zero-order valence-corrected chi connectivity index (χ0v) is 14.0. The van der Waals surface area contributed by atoms with Crippen LogP contribution in [0.1, 0.15) is 37.7 Å². The molecule has 0 nitrogen and oxygen atoms in total. The molecule has 2 atom stereocenters. The van der Waals surface area contributed by atoms with Gasteiger partial charge in [-0.15, -0.1) is 0 Å². The van der Waals surface area contributed by atoms with Gasteiger partial charge in [-0.1, -0.05) is 42.1 Å². The summed E-state index contributed by atoms with van der Waals surface area (Å²) >= 11 is 2.27. The monoisotopic (exact) mass is 344 g/mol. The molecule has 2 unspecified atom stereocenters. The first kappa shape index (κ1) is 14.8. The lowest BCUT2D eigenvalue weighted by atomic mass is 10.1. The van der Waals surface area contributed by atoms with Crippen LogP contribution in [0.5, 0.6) is 0 Å². The van der Waals surface area contributed by atoms with Crippen molar-refractivity contribution < 1.29 is 17.0 Å². The molecule has 2 saturated heterocycles. The van der Waals surface area contributed by atoms with E-state index in [9.17, 15) is 0 Å². The van der Waals surface area contributed by atoms with Crippen molar-refractivity contribution in [1.29, 1.82) is 0 Å². The predicted molar refractivity (Wildman–Crippen MR) is 80.8 cm³/mol. The first-order valence-electron chi connectivity index (χ1n) is 6.79. The third-order valence-corrected chi connectivity index (χ3v) is 9.34. The molecule has 0 spiro atoms. The Morgan fingerprint density at radius 2 is 1.72 bits per heavy atom. The minimum absolute atomic E-state index is 0. The second-order valence-electron chi connectivity index (χ2n) is 5.03. The van der Waals surface area contributed by atoms with Crippen molar-refractivity contribution in [1.82, 2.24) is 0 Å². The maximum atomic E-state index is 2.38. The zero-order chi connectivity index (χ0) is 11.6. The molecule has 2 heterocycles. The van der Waals surface area contributed by atoms with Crippen LogP contribution >= 0.6 is 11.8 Å². The Balaban J connectivity index is 0.00000120. The molecule has 2 aliphatic rings. The molecule has 1 aromatic carbocycles. The summed E-state index contributed by atoms with van der Waals surface area (Å²) < 4.78 is 0.496. The van der Waals surface area contributed by atoms with E-state index in [4.69, 9.17) is 0 Å². The molecule has 0 saturated carbocycles. The predicted octanol–water partition coefficient (Wildman–Crippen LogP) is 1.17. The maximum absolute atomic E-state index is 2.38. The van der Waals surface area contributed by atoms with Crippen molar-refractivity contribution in [3.63, 3.8) is 0 Å². The number of halogens is 1. The maximum Gasteiger partial charge on any atom is 0.198 e. The van der Waals surface area contributed by atoms with Crippen molar-refractivity contribution in [3.8, 4) is 0 Å². The molecule has 3 heteroatoms. The van der Waals surface area contributed by atoms with Crippen LogP contribution in [0, 0.1) is 0 Å². The van der Waals surface area contributed by atoms with Gasteiger partial charge in [0, 0.05) is 35.1 Å². The molecular weight excluding hydrogens is 324 g/mol. The molecule has 0 amide bonds. The highest BCUT2D eigenvalue weighted by Gasteiger charge is 2.51. The van der Waals surface area contributed by atoms with Gasteiger partial charge in [0.25, 0.3) is 0 Å². The topological polar surface area (TPSA) is 0 Å². The van der Waals surface area contributed by atoms with Crippen LogP contribution < -0.4 is 17.0 Å². The van der Waals surface area contributed by atoms with Crippen molar-refractivity contribution >= 4 is 22.7 Å². The average molecular weight is 345 g/mol. The fourth-order valence-corrected chi connectivity index (χ4v) is 8.72. The first-order valence-corrected chi connectivity index (χ1v) is 9.34. The third-order valence-electron chi connectivity index (χ3n) is 3.95. The molecule has 0 radical (unpaired) electrons. The molecule has 18 heavy (non-hydrogen) atoms. The van der Waals surface area contributed by atoms with E-state index < -0.39 is 0 Å². The van der Waals surface area contributed by atoms with Gasteiger partial charge in [-0.3, -0.25) is 0 Å². The third kappa shape index (κ3) is 2.78. The van der Waals surface area contributed by atoms with Crippen molar-refractivity contribution in [3.05, 3.63) is 35.9 Å². The van der Waals surface area contributed by atoms with E-state index in [0.717, 1.165) is 0 Å². The van der Waals surface area contributed by atoms with E-state index in [-0.39, 0.29) is 17.0 Å². The van der Waals surface area contributed by atoms with Gasteiger partial charge in [0.1, 0.15) is 11.5 Å². The fourth-order valence-electron chi connectivity index (χ4n) is 3.10. The number of hydrogen-bond donors (Lipinski definition) is 0. The molecule has 2 aliphatic heterocycles. The Kier molecular flexibility index (Phi) is 5.52. The summed E-state index contributed by atoms with van der Waals surface area (Å²) in [5.74, 6) is 4.35. The lowest BCUT2D eigenvalue weighted by Gasteiger charge is -2.35. The van der Waals surface area contributed by atoms with Gasteiger partial charge in [0.05, 0.1) is 0 Å². The van der Waals surface area contributed by atoms with Gasteiger partial charge in [0.15, 0.2) is 4.08 Å². The largest absolute Gasteiger partial charge is 1.00 e. The number of rotatable bonds is 1. The van der Waals surface area contributed by atoms with Gasteiger partial charge in [0.2, 0.25) is 0 Å². The van der Waals surface area contributed by atoms with E-state index >= 15 is 0 Å². The highest BCUT2D eigenvalue weighted by atomic mass is 79.9. The van der Waals surface area contributed by atoms with Crippen molar-refractivity contribution in [2.75, 3.05) is 17.3 Å². The number of hydrogen-bond acceptors (Lipinski definition) is 1. The van der Waals surface area contributed by atoms with E-state index in [1.807, 2.05) is 0 Å². The number of thioether (sulfide) groups is 1. The van der Waals surface area contributed by atoms with Crippen molar-refractivity contribution in [2.45, 2.75) is 36.2 Å². The molecule has 0 N–H and O–H groups in total. The van der Waals surface area contributed by atoms with Gasteiger partial charge < -0.3 is 17.0 Å². The number of fused-ring (bicyclic) bond motifs is 1. The Morgan fingerprint density at radius 3 is 2.56 bits per heavy atom. The minimum atomic E-state index is 0.